The lowest BCUT2D eigenvalue weighted by atomic mass is 10.1. The lowest BCUT2D eigenvalue weighted by Crippen LogP contribution is -2.37. The van der Waals surface area contributed by atoms with Crippen molar-refractivity contribution in [3.8, 4) is 0 Å². The molecule has 1 aromatic carbocycles. The van der Waals surface area contributed by atoms with Crippen LogP contribution in [0, 0.1) is 0 Å². The molecule has 0 spiro atoms. The number of rotatable bonds is 8. The molecule has 9 nitrogen and oxygen atoms in total. The van der Waals surface area contributed by atoms with Crippen LogP contribution in [0.1, 0.15) is 24.5 Å². The van der Waals surface area contributed by atoms with E-state index in [1.807, 2.05) is 0 Å². The molecule has 0 radical (unpaired) electrons. The van der Waals surface area contributed by atoms with Gasteiger partial charge in [-0.2, -0.15) is 0 Å². The van der Waals surface area contributed by atoms with Gasteiger partial charge in [0.2, 0.25) is 5.91 Å². The largest absolute Gasteiger partial charge is 0.467 e. The number of aliphatic hydroxyl groups excluding tert-OH is 1. The van der Waals surface area contributed by atoms with Gasteiger partial charge in [0, 0.05) is 12.2 Å². The van der Waals surface area contributed by atoms with E-state index in [1.54, 1.807) is 12.1 Å². The van der Waals surface area contributed by atoms with Crippen molar-refractivity contribution in [2.45, 2.75) is 25.0 Å². The highest BCUT2D eigenvalue weighted by Crippen LogP contribution is 2.17. The van der Waals surface area contributed by atoms with Crippen LogP contribution in [-0.2, 0) is 14.3 Å². The molecular weight excluding hydrogens is 316 g/mol. The highest BCUT2D eigenvalue weighted by molar-refractivity contribution is 5.94. The first-order valence-electron chi connectivity index (χ1n) is 7.30. The SMILES string of the molecule is COC(=O)C(O)c1ccc(NC(=O)[C@@H](N)CCCNC(N)=O)cc1. The number of anilines is 1. The van der Waals surface area contributed by atoms with E-state index in [0.717, 1.165) is 0 Å². The topological polar surface area (TPSA) is 157 Å². The summed E-state index contributed by atoms with van der Waals surface area (Å²) < 4.78 is 4.44. The first kappa shape index (κ1) is 19.4. The first-order chi connectivity index (χ1) is 11.3. The number of nitrogens with one attached hydrogen (secondary N) is 2. The Bertz CT molecular complexity index is 576. The highest BCUT2D eigenvalue weighted by Gasteiger charge is 2.18. The van der Waals surface area contributed by atoms with E-state index in [4.69, 9.17) is 11.5 Å². The first-order valence-corrected chi connectivity index (χ1v) is 7.30. The Labute approximate surface area is 139 Å². The van der Waals surface area contributed by atoms with Crippen molar-refractivity contribution in [3.05, 3.63) is 29.8 Å². The summed E-state index contributed by atoms with van der Waals surface area (Å²) in [6, 6.07) is 4.72. The molecule has 1 unspecified atom stereocenters. The van der Waals surface area contributed by atoms with Crippen LogP contribution in [0.4, 0.5) is 10.5 Å². The van der Waals surface area contributed by atoms with Crippen LogP contribution in [0.2, 0.25) is 0 Å². The van der Waals surface area contributed by atoms with E-state index in [2.05, 4.69) is 15.4 Å². The summed E-state index contributed by atoms with van der Waals surface area (Å²) in [5.74, 6) is -1.14. The molecule has 3 amide bonds. The van der Waals surface area contributed by atoms with Gasteiger partial charge in [0.15, 0.2) is 6.10 Å². The number of methoxy groups -OCH3 is 1. The highest BCUT2D eigenvalue weighted by atomic mass is 16.5. The van der Waals surface area contributed by atoms with Crippen molar-refractivity contribution in [1.29, 1.82) is 0 Å². The molecular formula is C15H22N4O5. The summed E-state index contributed by atoms with van der Waals surface area (Å²) >= 11 is 0. The average molecular weight is 338 g/mol. The molecule has 0 heterocycles. The number of ether oxygens (including phenoxy) is 1. The van der Waals surface area contributed by atoms with E-state index >= 15 is 0 Å². The fourth-order valence-electron chi connectivity index (χ4n) is 1.90. The van der Waals surface area contributed by atoms with Crippen LogP contribution < -0.4 is 22.1 Å². The molecule has 132 valence electrons. The maximum Gasteiger partial charge on any atom is 0.339 e. The Morgan fingerprint density at radius 3 is 2.42 bits per heavy atom. The van der Waals surface area contributed by atoms with Gasteiger partial charge in [-0.1, -0.05) is 12.1 Å². The summed E-state index contributed by atoms with van der Waals surface area (Å²) in [6.45, 7) is 0.344. The smallest absolute Gasteiger partial charge is 0.339 e. The van der Waals surface area contributed by atoms with Gasteiger partial charge in [-0.15, -0.1) is 0 Å². The molecule has 0 aliphatic heterocycles. The number of esters is 1. The monoisotopic (exact) mass is 338 g/mol. The molecule has 0 fully saturated rings. The summed E-state index contributed by atoms with van der Waals surface area (Å²) in [4.78, 5) is 33.7. The average Bonchev–Trinajstić information content (AvgIpc) is 2.57. The van der Waals surface area contributed by atoms with Crippen molar-refractivity contribution in [1.82, 2.24) is 5.32 Å². The molecule has 1 aromatic rings. The summed E-state index contributed by atoms with van der Waals surface area (Å²) in [6.07, 6.45) is -0.479. The number of hydrogen-bond donors (Lipinski definition) is 5. The Hall–Kier alpha value is -2.65. The molecule has 0 aromatic heterocycles. The van der Waals surface area contributed by atoms with Gasteiger partial charge in [-0.3, -0.25) is 4.79 Å². The molecule has 0 aliphatic rings. The summed E-state index contributed by atoms with van der Waals surface area (Å²) in [5, 5.41) is 14.7. The van der Waals surface area contributed by atoms with E-state index in [9.17, 15) is 19.5 Å². The quantitative estimate of drug-likeness (QED) is 0.321. The van der Waals surface area contributed by atoms with Gasteiger partial charge >= 0.3 is 12.0 Å². The van der Waals surface area contributed by atoms with Gasteiger partial charge in [0.05, 0.1) is 13.2 Å². The molecule has 0 bridgehead atoms. The van der Waals surface area contributed by atoms with Gasteiger partial charge < -0.3 is 31.9 Å². The number of nitrogens with two attached hydrogens (primary N) is 2. The number of aliphatic hydroxyl groups is 1. The van der Waals surface area contributed by atoms with Crippen LogP contribution in [0.25, 0.3) is 0 Å². The number of benzene rings is 1. The lowest BCUT2D eigenvalue weighted by molar-refractivity contribution is -0.150. The van der Waals surface area contributed by atoms with E-state index in [0.29, 0.717) is 30.6 Å². The van der Waals surface area contributed by atoms with Crippen molar-refractivity contribution in [2.24, 2.45) is 11.5 Å². The lowest BCUT2D eigenvalue weighted by Gasteiger charge is -2.13. The van der Waals surface area contributed by atoms with Gasteiger partial charge in [0.1, 0.15) is 0 Å². The number of hydrogen-bond acceptors (Lipinski definition) is 6. The third-order valence-electron chi connectivity index (χ3n) is 3.25. The van der Waals surface area contributed by atoms with E-state index < -0.39 is 24.1 Å². The molecule has 0 saturated heterocycles. The Balaban J connectivity index is 2.49. The molecule has 0 saturated carbocycles. The van der Waals surface area contributed by atoms with Crippen LogP contribution in [0.15, 0.2) is 24.3 Å². The number of carbonyl (C=O) groups is 3. The zero-order valence-electron chi connectivity index (χ0n) is 13.3. The molecule has 24 heavy (non-hydrogen) atoms. The number of carbonyl (C=O) groups excluding carboxylic acids is 3. The predicted molar refractivity (Wildman–Crippen MR) is 86.8 cm³/mol. The molecule has 2 atom stereocenters. The van der Waals surface area contributed by atoms with Crippen LogP contribution in [0.3, 0.4) is 0 Å². The maximum atomic E-state index is 11.9. The minimum Gasteiger partial charge on any atom is -0.467 e. The standard InChI is InChI=1S/C15H22N4O5/c1-24-14(22)12(20)9-4-6-10(7-5-9)19-13(21)11(16)3-2-8-18-15(17)23/h4-7,11-12,20H,2-3,8,16H2,1H3,(H,19,21)(H3,17,18,23)/t11-,12?/m0/s1. The second-order valence-corrected chi connectivity index (χ2v) is 5.08. The van der Waals surface area contributed by atoms with E-state index in [1.165, 1.54) is 19.2 Å². The van der Waals surface area contributed by atoms with Gasteiger partial charge in [-0.05, 0) is 30.5 Å². The van der Waals surface area contributed by atoms with Gasteiger partial charge in [0.25, 0.3) is 0 Å². The Kier molecular flexibility index (Phi) is 7.66. The number of urea groups is 1. The van der Waals surface area contributed by atoms with Crippen molar-refractivity contribution in [3.63, 3.8) is 0 Å². The predicted octanol–water partition coefficient (Wildman–Crippen LogP) is -0.393. The van der Waals surface area contributed by atoms with Gasteiger partial charge in [-0.25, -0.2) is 9.59 Å². The number of primary amides is 1. The van der Waals surface area contributed by atoms with Crippen molar-refractivity contribution < 1.29 is 24.2 Å². The Morgan fingerprint density at radius 2 is 1.88 bits per heavy atom. The fourth-order valence-corrected chi connectivity index (χ4v) is 1.90. The minimum absolute atomic E-state index is 0.344. The summed E-state index contributed by atoms with van der Waals surface area (Å²) in [5.41, 5.74) is 11.5. The third kappa shape index (κ3) is 6.23. The third-order valence-corrected chi connectivity index (χ3v) is 3.25. The number of amides is 3. The van der Waals surface area contributed by atoms with E-state index in [-0.39, 0.29) is 5.91 Å². The molecule has 7 N–H and O–H groups in total. The second kappa shape index (κ2) is 9.48. The fraction of sp³-hybridized carbons (Fsp3) is 0.400. The minimum atomic E-state index is -1.38. The van der Waals surface area contributed by atoms with Crippen LogP contribution in [-0.4, -0.2) is 42.7 Å². The van der Waals surface area contributed by atoms with Crippen LogP contribution >= 0.6 is 0 Å². The summed E-state index contributed by atoms with van der Waals surface area (Å²) in [7, 11) is 1.18. The Morgan fingerprint density at radius 1 is 1.25 bits per heavy atom. The van der Waals surface area contributed by atoms with Crippen LogP contribution in [0.5, 0.6) is 0 Å². The maximum absolute atomic E-state index is 11.9. The van der Waals surface area contributed by atoms with Crippen molar-refractivity contribution in [2.75, 3.05) is 19.0 Å². The zero-order chi connectivity index (χ0) is 18.1. The zero-order valence-corrected chi connectivity index (χ0v) is 13.3. The molecule has 1 rings (SSSR count). The normalized spacial score (nSPS) is 12.8. The molecule has 0 aliphatic carbocycles. The van der Waals surface area contributed by atoms with Crippen molar-refractivity contribution >= 4 is 23.6 Å². The molecule has 9 heteroatoms. The second-order valence-electron chi connectivity index (χ2n) is 5.08.